The van der Waals surface area contributed by atoms with Gasteiger partial charge in [-0.1, -0.05) is 29.3 Å². The Balaban J connectivity index is 1.85. The molecule has 0 aliphatic carbocycles. The highest BCUT2D eigenvalue weighted by atomic mass is 35.5. The van der Waals surface area contributed by atoms with E-state index in [0.29, 0.717) is 29.1 Å². The maximum atomic E-state index is 10.3. The number of rotatable bonds is 4. The number of benzene rings is 1. The number of aliphatic imine (C=N–C) groups is 1. The Labute approximate surface area is 139 Å². The van der Waals surface area contributed by atoms with E-state index >= 15 is 0 Å². The molecule has 0 amide bonds. The highest BCUT2D eigenvalue weighted by molar-refractivity contribution is 7.99. The Morgan fingerprint density at radius 1 is 1.43 bits per heavy atom. The summed E-state index contributed by atoms with van der Waals surface area (Å²) in [6, 6.07) is 5.40. The number of hydrogen-bond donors (Lipinski definition) is 3. The van der Waals surface area contributed by atoms with E-state index in [4.69, 9.17) is 23.2 Å². The van der Waals surface area contributed by atoms with Crippen LogP contribution in [0.15, 0.2) is 23.2 Å². The summed E-state index contributed by atoms with van der Waals surface area (Å²) in [5.74, 6) is 2.41. The van der Waals surface area contributed by atoms with Crippen molar-refractivity contribution in [1.82, 2.24) is 10.6 Å². The summed E-state index contributed by atoms with van der Waals surface area (Å²) in [5, 5.41) is 17.9. The number of nitrogens with one attached hydrogen (secondary N) is 2. The van der Waals surface area contributed by atoms with Crippen molar-refractivity contribution in [3.63, 3.8) is 0 Å². The first kappa shape index (κ1) is 16.7. The molecule has 1 aromatic rings. The van der Waals surface area contributed by atoms with Crippen molar-refractivity contribution in [2.75, 3.05) is 25.1 Å². The van der Waals surface area contributed by atoms with Crippen molar-refractivity contribution in [3.8, 4) is 0 Å². The Kier molecular flexibility index (Phi) is 6.05. The zero-order valence-corrected chi connectivity index (χ0v) is 14.2. The lowest BCUT2D eigenvalue weighted by atomic mass is 10.0. The second-order valence-corrected chi connectivity index (χ2v) is 6.99. The number of aliphatic hydroxyl groups is 1. The van der Waals surface area contributed by atoms with Gasteiger partial charge in [0.15, 0.2) is 5.96 Å². The van der Waals surface area contributed by atoms with Crippen LogP contribution in [0.5, 0.6) is 0 Å². The summed E-state index contributed by atoms with van der Waals surface area (Å²) in [5.41, 5.74) is 0.305. The van der Waals surface area contributed by atoms with E-state index in [1.165, 1.54) is 0 Å². The third-order valence-electron chi connectivity index (χ3n) is 3.35. The lowest BCUT2D eigenvalue weighted by molar-refractivity contribution is 0.0724. The Morgan fingerprint density at radius 2 is 2.24 bits per heavy atom. The molecule has 4 nitrogen and oxygen atoms in total. The maximum Gasteiger partial charge on any atom is 0.191 e. The first-order valence-electron chi connectivity index (χ1n) is 6.71. The molecule has 2 rings (SSSR count). The largest absolute Gasteiger partial charge is 0.387 e. The van der Waals surface area contributed by atoms with Gasteiger partial charge in [0.05, 0.1) is 5.60 Å². The summed E-state index contributed by atoms with van der Waals surface area (Å²) in [4.78, 5) is 4.15. The predicted molar refractivity (Wildman–Crippen MR) is 91.6 cm³/mol. The molecule has 1 unspecified atom stereocenters. The molecule has 0 saturated carbocycles. The SMILES string of the molecule is CN=C(NCc1ccc(Cl)cc1Cl)NCC1(O)CCSC1. The van der Waals surface area contributed by atoms with E-state index in [-0.39, 0.29) is 0 Å². The highest BCUT2D eigenvalue weighted by Gasteiger charge is 2.31. The number of guanidine groups is 1. The first-order valence-corrected chi connectivity index (χ1v) is 8.62. The quantitative estimate of drug-likeness (QED) is 0.578. The summed E-state index contributed by atoms with van der Waals surface area (Å²) >= 11 is 13.8. The zero-order chi connectivity index (χ0) is 15.3. The van der Waals surface area contributed by atoms with E-state index in [0.717, 1.165) is 23.5 Å². The van der Waals surface area contributed by atoms with Gasteiger partial charge >= 0.3 is 0 Å². The number of nitrogens with zero attached hydrogens (tertiary/aromatic N) is 1. The predicted octanol–water partition coefficient (Wildman–Crippen LogP) is 2.53. The molecule has 116 valence electrons. The van der Waals surface area contributed by atoms with Gasteiger partial charge < -0.3 is 15.7 Å². The molecule has 0 radical (unpaired) electrons. The Hall–Kier alpha value is -0.620. The molecular weight excluding hydrogens is 329 g/mol. The maximum absolute atomic E-state index is 10.3. The van der Waals surface area contributed by atoms with Crippen LogP contribution in [0.1, 0.15) is 12.0 Å². The van der Waals surface area contributed by atoms with Crippen molar-refractivity contribution in [2.45, 2.75) is 18.6 Å². The zero-order valence-electron chi connectivity index (χ0n) is 11.8. The van der Waals surface area contributed by atoms with Crippen molar-refractivity contribution in [2.24, 2.45) is 4.99 Å². The summed E-state index contributed by atoms with van der Waals surface area (Å²) in [6.45, 7) is 1.04. The van der Waals surface area contributed by atoms with Gasteiger partial charge in [-0.3, -0.25) is 4.99 Å². The first-order chi connectivity index (χ1) is 10.0. The monoisotopic (exact) mass is 347 g/mol. The fraction of sp³-hybridized carbons (Fsp3) is 0.500. The van der Waals surface area contributed by atoms with Crippen LogP contribution in [0.4, 0.5) is 0 Å². The molecule has 21 heavy (non-hydrogen) atoms. The lowest BCUT2D eigenvalue weighted by Crippen LogP contribution is -2.47. The van der Waals surface area contributed by atoms with Crippen LogP contribution < -0.4 is 10.6 Å². The summed E-state index contributed by atoms with van der Waals surface area (Å²) in [6.07, 6.45) is 0.810. The van der Waals surface area contributed by atoms with Gasteiger partial charge in [0, 0.05) is 35.9 Å². The van der Waals surface area contributed by atoms with Crippen LogP contribution in [0, 0.1) is 0 Å². The fourth-order valence-electron chi connectivity index (χ4n) is 2.05. The number of halogens is 2. The van der Waals surface area contributed by atoms with Gasteiger partial charge in [0.1, 0.15) is 0 Å². The molecule has 7 heteroatoms. The van der Waals surface area contributed by atoms with E-state index in [1.54, 1.807) is 30.9 Å². The van der Waals surface area contributed by atoms with Crippen molar-refractivity contribution in [1.29, 1.82) is 0 Å². The van der Waals surface area contributed by atoms with E-state index < -0.39 is 5.60 Å². The molecule has 1 aliphatic heterocycles. The molecule has 1 fully saturated rings. The molecule has 0 aromatic heterocycles. The Bertz CT molecular complexity index is 519. The third kappa shape index (κ3) is 4.95. The Morgan fingerprint density at radius 3 is 2.86 bits per heavy atom. The fourth-order valence-corrected chi connectivity index (χ4v) is 3.82. The van der Waals surface area contributed by atoms with Crippen LogP contribution in [-0.4, -0.2) is 41.8 Å². The van der Waals surface area contributed by atoms with Crippen LogP contribution in [0.2, 0.25) is 10.0 Å². The number of thioether (sulfide) groups is 1. The third-order valence-corrected chi connectivity index (χ3v) is 5.17. The van der Waals surface area contributed by atoms with Gasteiger partial charge in [-0.25, -0.2) is 0 Å². The van der Waals surface area contributed by atoms with Crippen molar-refractivity contribution in [3.05, 3.63) is 33.8 Å². The van der Waals surface area contributed by atoms with Gasteiger partial charge in [-0.2, -0.15) is 11.8 Å². The van der Waals surface area contributed by atoms with Gasteiger partial charge in [-0.05, 0) is 29.9 Å². The molecule has 1 saturated heterocycles. The summed E-state index contributed by atoms with van der Waals surface area (Å²) < 4.78 is 0. The van der Waals surface area contributed by atoms with Crippen molar-refractivity contribution >= 4 is 40.9 Å². The second kappa shape index (κ2) is 7.58. The molecule has 0 spiro atoms. The van der Waals surface area contributed by atoms with Gasteiger partial charge in [0.2, 0.25) is 0 Å². The topological polar surface area (TPSA) is 56.7 Å². The highest BCUT2D eigenvalue weighted by Crippen LogP contribution is 2.27. The number of hydrogen-bond acceptors (Lipinski definition) is 3. The van der Waals surface area contributed by atoms with Gasteiger partial charge in [0.25, 0.3) is 0 Å². The van der Waals surface area contributed by atoms with E-state index in [9.17, 15) is 5.11 Å². The van der Waals surface area contributed by atoms with Gasteiger partial charge in [-0.15, -0.1) is 0 Å². The van der Waals surface area contributed by atoms with E-state index in [1.807, 2.05) is 6.07 Å². The molecular formula is C14H19Cl2N3OS. The minimum Gasteiger partial charge on any atom is -0.387 e. The van der Waals surface area contributed by atoms with Crippen molar-refractivity contribution < 1.29 is 5.11 Å². The molecule has 1 atom stereocenters. The summed E-state index contributed by atoms with van der Waals surface area (Å²) in [7, 11) is 1.70. The average Bonchev–Trinajstić information content (AvgIpc) is 2.88. The molecule has 0 bridgehead atoms. The average molecular weight is 348 g/mol. The second-order valence-electron chi connectivity index (χ2n) is 5.04. The van der Waals surface area contributed by atoms with Crippen LogP contribution >= 0.6 is 35.0 Å². The molecule has 3 N–H and O–H groups in total. The van der Waals surface area contributed by atoms with Crippen LogP contribution in [0.3, 0.4) is 0 Å². The molecule has 1 aromatic carbocycles. The molecule has 1 aliphatic rings. The van der Waals surface area contributed by atoms with E-state index in [2.05, 4.69) is 15.6 Å². The standard InChI is InChI=1S/C14H19Cl2N3OS/c1-17-13(19-8-14(20)4-5-21-9-14)18-7-10-2-3-11(15)6-12(10)16/h2-3,6,20H,4-5,7-9H2,1H3,(H2,17,18,19). The minimum absolute atomic E-state index is 0.494. The lowest BCUT2D eigenvalue weighted by Gasteiger charge is -2.23. The smallest absolute Gasteiger partial charge is 0.191 e. The normalized spacial score (nSPS) is 22.4. The van der Waals surface area contributed by atoms with Crippen LogP contribution in [0.25, 0.3) is 0 Å². The van der Waals surface area contributed by atoms with Crippen LogP contribution in [-0.2, 0) is 6.54 Å². The molecule has 1 heterocycles. The minimum atomic E-state index is -0.639.